The fraction of sp³-hybridized carbons (Fsp3) is 0.250. The Bertz CT molecular complexity index is 522. The van der Waals surface area contributed by atoms with Crippen LogP contribution in [0, 0.1) is 6.92 Å². The Morgan fingerprint density at radius 1 is 1.00 bits per heavy atom. The summed E-state index contributed by atoms with van der Waals surface area (Å²) in [6.07, 6.45) is 0. The summed E-state index contributed by atoms with van der Waals surface area (Å²) in [5, 5.41) is 0.186. The monoisotopic (exact) mass is 282 g/mol. The predicted octanol–water partition coefficient (Wildman–Crippen LogP) is 3.64. The van der Waals surface area contributed by atoms with Gasteiger partial charge in [-0.3, -0.25) is 0 Å². The van der Waals surface area contributed by atoms with Crippen molar-refractivity contribution in [1.29, 1.82) is 0 Å². The Kier molecular flexibility index (Phi) is 3.99. The predicted molar refractivity (Wildman–Crippen MR) is 73.7 cm³/mol. The molecule has 94 valence electrons. The zero-order valence-corrected chi connectivity index (χ0v) is 11.6. The third-order valence-corrected chi connectivity index (χ3v) is 2.81. The summed E-state index contributed by atoms with van der Waals surface area (Å²) >= 11 is 11.6. The molecule has 0 N–H and O–H groups in total. The van der Waals surface area contributed by atoms with Gasteiger partial charge >= 0.3 is 0 Å². The van der Waals surface area contributed by atoms with E-state index in [1.807, 2.05) is 43.0 Å². The molecule has 0 fully saturated rings. The van der Waals surface area contributed by atoms with Crippen LogP contribution < -0.4 is 4.90 Å². The van der Waals surface area contributed by atoms with Crippen LogP contribution in [0.25, 0.3) is 0 Å². The average Bonchev–Trinajstić information content (AvgIpc) is 2.31. The average molecular weight is 283 g/mol. The highest BCUT2D eigenvalue weighted by Crippen LogP contribution is 2.23. The minimum absolute atomic E-state index is 0.0931. The summed E-state index contributed by atoms with van der Waals surface area (Å²) in [5.74, 6) is 0.450. The van der Waals surface area contributed by atoms with Crippen LogP contribution in [0.5, 0.6) is 0 Å². The SMILES string of the molecule is CCN(c1ccc(C)cc1)c1nc(Cl)nc(Cl)n1. The van der Waals surface area contributed by atoms with Gasteiger partial charge in [0.2, 0.25) is 16.5 Å². The second kappa shape index (κ2) is 5.50. The molecule has 0 amide bonds. The van der Waals surface area contributed by atoms with E-state index in [0.717, 1.165) is 5.69 Å². The van der Waals surface area contributed by atoms with Gasteiger partial charge in [0.25, 0.3) is 0 Å². The molecule has 2 aromatic rings. The summed E-state index contributed by atoms with van der Waals surface area (Å²) in [6.45, 7) is 4.75. The molecule has 1 heterocycles. The van der Waals surface area contributed by atoms with Crippen molar-refractivity contribution in [2.75, 3.05) is 11.4 Å². The number of nitrogens with zero attached hydrogens (tertiary/aromatic N) is 4. The standard InChI is InChI=1S/C12H12Cl2N4/c1-3-18(9-6-4-8(2)5-7-9)12-16-10(13)15-11(14)17-12/h4-7H,3H2,1-2H3. The maximum Gasteiger partial charge on any atom is 0.235 e. The van der Waals surface area contributed by atoms with Gasteiger partial charge in [-0.25, -0.2) is 0 Å². The maximum atomic E-state index is 5.79. The topological polar surface area (TPSA) is 41.9 Å². The molecule has 0 bridgehead atoms. The molecule has 1 aromatic heterocycles. The molecule has 0 aliphatic heterocycles. The van der Waals surface area contributed by atoms with E-state index in [9.17, 15) is 0 Å². The van der Waals surface area contributed by atoms with Crippen molar-refractivity contribution in [2.45, 2.75) is 13.8 Å². The first kappa shape index (κ1) is 13.1. The van der Waals surface area contributed by atoms with Gasteiger partial charge in [-0.2, -0.15) is 15.0 Å². The Labute approximate surface area is 116 Å². The quantitative estimate of drug-likeness (QED) is 0.862. The Morgan fingerprint density at radius 2 is 1.56 bits per heavy atom. The van der Waals surface area contributed by atoms with Crippen LogP contribution in [0.2, 0.25) is 10.6 Å². The number of hydrogen-bond donors (Lipinski definition) is 0. The van der Waals surface area contributed by atoms with Gasteiger partial charge in [0.05, 0.1) is 0 Å². The van der Waals surface area contributed by atoms with Gasteiger partial charge in [0, 0.05) is 12.2 Å². The summed E-state index contributed by atoms with van der Waals surface area (Å²) in [7, 11) is 0. The van der Waals surface area contributed by atoms with Gasteiger partial charge in [0.15, 0.2) is 0 Å². The van der Waals surface area contributed by atoms with Gasteiger partial charge < -0.3 is 4.90 Å². The number of rotatable bonds is 3. The highest BCUT2D eigenvalue weighted by atomic mass is 35.5. The Balaban J connectivity index is 2.41. The second-order valence-electron chi connectivity index (χ2n) is 3.75. The van der Waals surface area contributed by atoms with Crippen molar-refractivity contribution in [3.63, 3.8) is 0 Å². The molecule has 0 saturated carbocycles. The summed E-state index contributed by atoms with van der Waals surface area (Å²) < 4.78 is 0. The number of benzene rings is 1. The number of halogens is 2. The van der Waals surface area contributed by atoms with Crippen LogP contribution in [-0.2, 0) is 0 Å². The molecule has 0 unspecified atom stereocenters. The third-order valence-electron chi connectivity index (χ3n) is 2.47. The van der Waals surface area contributed by atoms with E-state index < -0.39 is 0 Å². The lowest BCUT2D eigenvalue weighted by atomic mass is 10.2. The van der Waals surface area contributed by atoms with E-state index in [1.165, 1.54) is 5.56 Å². The van der Waals surface area contributed by atoms with Crippen LogP contribution in [0.15, 0.2) is 24.3 Å². The lowest BCUT2D eigenvalue weighted by Gasteiger charge is -2.20. The highest BCUT2D eigenvalue weighted by molar-refractivity contribution is 6.31. The number of aryl methyl sites for hydroxylation is 1. The summed E-state index contributed by atoms with van der Waals surface area (Å²) in [6, 6.07) is 8.07. The molecular weight excluding hydrogens is 271 g/mol. The van der Waals surface area contributed by atoms with Crippen molar-refractivity contribution < 1.29 is 0 Å². The van der Waals surface area contributed by atoms with Crippen LogP contribution >= 0.6 is 23.2 Å². The number of anilines is 2. The fourth-order valence-electron chi connectivity index (χ4n) is 1.60. The van der Waals surface area contributed by atoms with E-state index in [0.29, 0.717) is 12.5 Å². The van der Waals surface area contributed by atoms with E-state index in [1.54, 1.807) is 0 Å². The molecule has 0 atom stereocenters. The van der Waals surface area contributed by atoms with E-state index in [-0.39, 0.29) is 10.6 Å². The number of hydrogen-bond acceptors (Lipinski definition) is 4. The molecule has 0 saturated heterocycles. The normalized spacial score (nSPS) is 10.4. The van der Waals surface area contributed by atoms with Crippen LogP contribution in [0.3, 0.4) is 0 Å². The van der Waals surface area contributed by atoms with Crippen LogP contribution in [0.1, 0.15) is 12.5 Å². The molecule has 18 heavy (non-hydrogen) atoms. The van der Waals surface area contributed by atoms with Crippen molar-refractivity contribution >= 4 is 34.8 Å². The molecule has 0 aliphatic rings. The van der Waals surface area contributed by atoms with Gasteiger partial charge in [-0.15, -0.1) is 0 Å². The zero-order valence-electron chi connectivity index (χ0n) is 10.1. The molecule has 4 nitrogen and oxygen atoms in total. The minimum atomic E-state index is 0.0931. The van der Waals surface area contributed by atoms with E-state index in [2.05, 4.69) is 15.0 Å². The van der Waals surface area contributed by atoms with Crippen LogP contribution in [-0.4, -0.2) is 21.5 Å². The molecule has 0 aliphatic carbocycles. The lowest BCUT2D eigenvalue weighted by Crippen LogP contribution is -2.19. The summed E-state index contributed by atoms with van der Waals surface area (Å²) in [5.41, 5.74) is 2.18. The first-order chi connectivity index (χ1) is 8.60. The van der Waals surface area contributed by atoms with Gasteiger partial charge in [-0.1, -0.05) is 17.7 Å². The minimum Gasteiger partial charge on any atom is -0.311 e. The van der Waals surface area contributed by atoms with E-state index >= 15 is 0 Å². The first-order valence-electron chi connectivity index (χ1n) is 5.51. The van der Waals surface area contributed by atoms with E-state index in [4.69, 9.17) is 23.2 Å². The first-order valence-corrected chi connectivity index (χ1v) is 6.27. The number of aromatic nitrogens is 3. The maximum absolute atomic E-state index is 5.79. The lowest BCUT2D eigenvalue weighted by molar-refractivity contribution is 0.920. The summed E-state index contributed by atoms with van der Waals surface area (Å²) in [4.78, 5) is 13.8. The molecule has 2 rings (SSSR count). The van der Waals surface area contributed by atoms with Crippen molar-refractivity contribution in [2.24, 2.45) is 0 Å². The molecule has 0 radical (unpaired) electrons. The Hall–Kier alpha value is -1.39. The highest BCUT2D eigenvalue weighted by Gasteiger charge is 2.12. The van der Waals surface area contributed by atoms with Crippen molar-refractivity contribution in [1.82, 2.24) is 15.0 Å². The second-order valence-corrected chi connectivity index (χ2v) is 4.43. The van der Waals surface area contributed by atoms with Crippen molar-refractivity contribution in [3.8, 4) is 0 Å². The van der Waals surface area contributed by atoms with Gasteiger partial charge in [-0.05, 0) is 49.2 Å². The van der Waals surface area contributed by atoms with Gasteiger partial charge in [0.1, 0.15) is 0 Å². The smallest absolute Gasteiger partial charge is 0.235 e. The zero-order chi connectivity index (χ0) is 13.1. The van der Waals surface area contributed by atoms with Crippen LogP contribution in [0.4, 0.5) is 11.6 Å². The van der Waals surface area contributed by atoms with Crippen molar-refractivity contribution in [3.05, 3.63) is 40.4 Å². The Morgan fingerprint density at radius 3 is 2.06 bits per heavy atom. The molecule has 0 spiro atoms. The largest absolute Gasteiger partial charge is 0.311 e. The molecular formula is C12H12Cl2N4. The third kappa shape index (κ3) is 2.89. The molecule has 1 aromatic carbocycles. The fourth-order valence-corrected chi connectivity index (χ4v) is 1.96. The molecule has 6 heteroatoms.